The van der Waals surface area contributed by atoms with Crippen LogP contribution in [0.3, 0.4) is 0 Å². The second kappa shape index (κ2) is 12.1. The zero-order valence-electron chi connectivity index (χ0n) is 19.1. The molecule has 4 aromatic rings. The van der Waals surface area contributed by atoms with Crippen molar-refractivity contribution in [3.05, 3.63) is 102 Å². The van der Waals surface area contributed by atoms with Crippen LogP contribution in [-0.4, -0.2) is 43.0 Å². The average molecular weight is 521 g/mol. The Kier molecular flexibility index (Phi) is 8.94. The zero-order chi connectivity index (χ0) is 25.5. The lowest BCUT2D eigenvalue weighted by Crippen LogP contribution is -2.48. The maximum absolute atomic E-state index is 12.7. The molecule has 0 aliphatic rings. The lowest BCUT2D eigenvalue weighted by atomic mass is 10.0. The Morgan fingerprint density at radius 3 is 2.30 bits per heavy atom. The van der Waals surface area contributed by atoms with E-state index in [-0.39, 0.29) is 12.3 Å². The molecule has 0 fully saturated rings. The molecule has 0 bridgehead atoms. The average Bonchev–Trinajstić information content (AvgIpc) is 2.90. The molecule has 1 heterocycles. The standard InChI is InChI=1S/C26H24N4O5S.CH4/c31-25(29-17-23(26(32)33)30-36(34,35)22-6-2-1-3-7-22)21-12-11-19-14-18(9-10-20(19)15-21)16-28-24-8-4-5-13-27-24;/h1-15,23,30H,16-17H2,(H,27,28)(H,29,31)(H,32,33);1H4/t23-;/m0./s1. The number of amides is 1. The molecule has 0 spiro atoms. The normalized spacial score (nSPS) is 11.8. The number of sulfonamides is 1. The molecule has 37 heavy (non-hydrogen) atoms. The molecule has 0 aliphatic heterocycles. The molecule has 0 aliphatic carbocycles. The first-order valence-corrected chi connectivity index (χ1v) is 12.6. The van der Waals surface area contributed by atoms with E-state index in [2.05, 4.69) is 20.3 Å². The van der Waals surface area contributed by atoms with Crippen molar-refractivity contribution in [2.24, 2.45) is 0 Å². The smallest absolute Gasteiger partial charge is 0.323 e. The van der Waals surface area contributed by atoms with Crippen LogP contribution in [-0.2, 0) is 21.4 Å². The van der Waals surface area contributed by atoms with Gasteiger partial charge in [-0.2, -0.15) is 4.72 Å². The van der Waals surface area contributed by atoms with Gasteiger partial charge in [-0.05, 0) is 58.8 Å². The number of carbonyl (C=O) groups is 2. The number of nitrogens with zero attached hydrogens (tertiary/aromatic N) is 1. The minimum Gasteiger partial charge on any atom is -0.480 e. The molecular formula is C27H28N4O5S. The molecule has 1 atom stereocenters. The Bertz CT molecular complexity index is 1480. The molecular weight excluding hydrogens is 492 g/mol. The number of anilines is 1. The number of fused-ring (bicyclic) bond motifs is 1. The summed E-state index contributed by atoms with van der Waals surface area (Å²) in [4.78, 5) is 28.5. The highest BCUT2D eigenvalue weighted by atomic mass is 32.2. The highest BCUT2D eigenvalue weighted by molar-refractivity contribution is 7.89. The number of carboxylic acid groups (broad SMARTS) is 1. The number of carboxylic acids is 1. The third-order valence-electron chi connectivity index (χ3n) is 5.42. The van der Waals surface area contributed by atoms with Gasteiger partial charge >= 0.3 is 5.97 Å². The van der Waals surface area contributed by atoms with Crippen LogP contribution < -0.4 is 15.4 Å². The van der Waals surface area contributed by atoms with Crippen LogP contribution in [0, 0.1) is 0 Å². The summed E-state index contributed by atoms with van der Waals surface area (Å²) in [5.74, 6) is -1.14. The molecule has 0 unspecified atom stereocenters. The Hall–Kier alpha value is -4.28. The van der Waals surface area contributed by atoms with Crippen molar-refractivity contribution in [2.45, 2.75) is 24.9 Å². The molecule has 1 aromatic heterocycles. The van der Waals surface area contributed by atoms with E-state index in [1.165, 1.54) is 24.3 Å². The van der Waals surface area contributed by atoms with E-state index in [1.54, 1.807) is 30.5 Å². The summed E-state index contributed by atoms with van der Waals surface area (Å²) >= 11 is 0. The molecule has 9 nitrogen and oxygen atoms in total. The van der Waals surface area contributed by atoms with Crippen LogP contribution in [0.25, 0.3) is 10.8 Å². The minimum atomic E-state index is -4.06. The van der Waals surface area contributed by atoms with E-state index in [0.717, 1.165) is 22.2 Å². The van der Waals surface area contributed by atoms with E-state index < -0.39 is 34.5 Å². The van der Waals surface area contributed by atoms with Crippen LogP contribution >= 0.6 is 0 Å². The Morgan fingerprint density at radius 2 is 1.59 bits per heavy atom. The van der Waals surface area contributed by atoms with Crippen molar-refractivity contribution in [3.8, 4) is 0 Å². The van der Waals surface area contributed by atoms with Gasteiger partial charge in [-0.3, -0.25) is 9.59 Å². The molecule has 4 rings (SSSR count). The Labute approximate surface area is 215 Å². The number of hydrogen-bond acceptors (Lipinski definition) is 6. The number of carbonyl (C=O) groups excluding carboxylic acids is 1. The van der Waals surface area contributed by atoms with Gasteiger partial charge in [0.2, 0.25) is 10.0 Å². The summed E-state index contributed by atoms with van der Waals surface area (Å²) in [5.41, 5.74) is 1.37. The van der Waals surface area contributed by atoms with E-state index in [4.69, 9.17) is 0 Å². The van der Waals surface area contributed by atoms with Crippen LogP contribution in [0.1, 0.15) is 23.3 Å². The van der Waals surface area contributed by atoms with E-state index in [9.17, 15) is 23.1 Å². The van der Waals surface area contributed by atoms with Crippen LogP contribution in [0.5, 0.6) is 0 Å². The fraction of sp³-hybridized carbons (Fsp3) is 0.148. The van der Waals surface area contributed by atoms with Crippen molar-refractivity contribution in [1.29, 1.82) is 0 Å². The second-order valence-electron chi connectivity index (χ2n) is 8.00. The summed E-state index contributed by atoms with van der Waals surface area (Å²) in [6.45, 7) is 0.168. The zero-order valence-corrected chi connectivity index (χ0v) is 19.9. The van der Waals surface area contributed by atoms with Crippen molar-refractivity contribution in [3.63, 3.8) is 0 Å². The van der Waals surface area contributed by atoms with Gasteiger partial charge in [-0.15, -0.1) is 0 Å². The van der Waals surface area contributed by atoms with Crippen molar-refractivity contribution in [1.82, 2.24) is 15.0 Å². The molecule has 3 aromatic carbocycles. The molecule has 4 N–H and O–H groups in total. The molecule has 0 radical (unpaired) electrons. The summed E-state index contributed by atoms with van der Waals surface area (Å²) in [7, 11) is -4.06. The first-order chi connectivity index (χ1) is 17.3. The van der Waals surface area contributed by atoms with Crippen LogP contribution in [0.15, 0.2) is 96.0 Å². The topological polar surface area (TPSA) is 137 Å². The lowest BCUT2D eigenvalue weighted by molar-refractivity contribution is -0.138. The van der Waals surface area contributed by atoms with Gasteiger partial charge in [0.15, 0.2) is 0 Å². The maximum atomic E-state index is 12.7. The number of hydrogen-bond donors (Lipinski definition) is 4. The van der Waals surface area contributed by atoms with Gasteiger partial charge in [0.25, 0.3) is 5.91 Å². The monoisotopic (exact) mass is 520 g/mol. The number of pyridine rings is 1. The maximum Gasteiger partial charge on any atom is 0.323 e. The van der Waals surface area contributed by atoms with Gasteiger partial charge < -0.3 is 15.7 Å². The fourth-order valence-corrected chi connectivity index (χ4v) is 4.75. The van der Waals surface area contributed by atoms with Crippen LogP contribution in [0.4, 0.5) is 5.82 Å². The predicted octanol–water partition coefficient (Wildman–Crippen LogP) is 3.64. The summed E-state index contributed by atoms with van der Waals surface area (Å²) < 4.78 is 27.1. The van der Waals surface area contributed by atoms with Gasteiger partial charge in [-0.1, -0.05) is 49.9 Å². The summed E-state index contributed by atoms with van der Waals surface area (Å²) in [5, 5.41) is 17.0. The molecule has 1 amide bonds. The molecule has 192 valence electrons. The SMILES string of the molecule is C.O=C(NC[C@H](NS(=O)(=O)c1ccccc1)C(=O)O)c1ccc2cc(CNc3ccccn3)ccc2c1. The van der Waals surface area contributed by atoms with Gasteiger partial charge in [-0.25, -0.2) is 13.4 Å². The highest BCUT2D eigenvalue weighted by Gasteiger charge is 2.26. The molecule has 0 saturated carbocycles. The predicted molar refractivity (Wildman–Crippen MR) is 143 cm³/mol. The fourth-order valence-electron chi connectivity index (χ4n) is 3.54. The Balaban J connectivity index is 0.00000380. The van der Waals surface area contributed by atoms with E-state index in [0.29, 0.717) is 12.1 Å². The van der Waals surface area contributed by atoms with Crippen molar-refractivity contribution in [2.75, 3.05) is 11.9 Å². The van der Waals surface area contributed by atoms with Gasteiger partial charge in [0.05, 0.1) is 4.90 Å². The number of rotatable bonds is 10. The van der Waals surface area contributed by atoms with E-state index in [1.807, 2.05) is 36.4 Å². The van der Waals surface area contributed by atoms with Crippen molar-refractivity contribution >= 4 is 38.5 Å². The van der Waals surface area contributed by atoms with E-state index >= 15 is 0 Å². The first kappa shape index (κ1) is 27.3. The third kappa shape index (κ3) is 7.12. The second-order valence-corrected chi connectivity index (χ2v) is 9.71. The quantitative estimate of drug-likeness (QED) is 0.250. The number of aliphatic carboxylic acids is 1. The number of benzene rings is 3. The lowest BCUT2D eigenvalue weighted by Gasteiger charge is -2.16. The minimum absolute atomic E-state index is 0. The molecule has 0 saturated heterocycles. The van der Waals surface area contributed by atoms with Crippen LogP contribution in [0.2, 0.25) is 0 Å². The Morgan fingerprint density at radius 1 is 0.892 bits per heavy atom. The van der Waals surface area contributed by atoms with Crippen molar-refractivity contribution < 1.29 is 23.1 Å². The summed E-state index contributed by atoms with van der Waals surface area (Å²) in [6, 6.07) is 22.5. The third-order valence-corrected chi connectivity index (χ3v) is 6.91. The number of nitrogens with one attached hydrogen (secondary N) is 3. The van der Waals surface area contributed by atoms with Gasteiger partial charge in [0.1, 0.15) is 11.9 Å². The van der Waals surface area contributed by atoms with Gasteiger partial charge in [0, 0.05) is 24.8 Å². The molecule has 10 heteroatoms. The summed E-state index contributed by atoms with van der Waals surface area (Å²) in [6.07, 6.45) is 1.71. The first-order valence-electron chi connectivity index (χ1n) is 11.1. The highest BCUT2D eigenvalue weighted by Crippen LogP contribution is 2.19. The number of aromatic nitrogens is 1. The largest absolute Gasteiger partial charge is 0.480 e.